The SMILES string of the molecule is CCOc1cc(C=O)ccc1OCC(=O)Nc1cccc(I)c1. The molecule has 0 heterocycles. The molecule has 2 aromatic carbocycles. The van der Waals surface area contributed by atoms with Crippen molar-refractivity contribution in [2.45, 2.75) is 6.92 Å². The third-order valence-corrected chi connectivity index (χ3v) is 3.54. The Morgan fingerprint density at radius 3 is 2.70 bits per heavy atom. The molecule has 0 radical (unpaired) electrons. The van der Waals surface area contributed by atoms with E-state index in [2.05, 4.69) is 27.9 Å². The molecule has 0 aliphatic heterocycles. The molecule has 0 unspecified atom stereocenters. The highest BCUT2D eigenvalue weighted by Gasteiger charge is 2.09. The van der Waals surface area contributed by atoms with Gasteiger partial charge in [-0.05, 0) is 65.9 Å². The van der Waals surface area contributed by atoms with E-state index in [4.69, 9.17) is 9.47 Å². The van der Waals surface area contributed by atoms with Gasteiger partial charge in [-0.3, -0.25) is 9.59 Å². The van der Waals surface area contributed by atoms with E-state index in [1.54, 1.807) is 18.2 Å². The van der Waals surface area contributed by atoms with Crippen LogP contribution in [0.2, 0.25) is 0 Å². The first-order valence-electron chi connectivity index (χ1n) is 7.02. The summed E-state index contributed by atoms with van der Waals surface area (Å²) in [6.45, 7) is 2.13. The molecule has 0 spiro atoms. The number of hydrogen-bond acceptors (Lipinski definition) is 4. The third-order valence-electron chi connectivity index (χ3n) is 2.87. The molecule has 0 saturated heterocycles. The second-order valence-corrected chi connectivity index (χ2v) is 5.85. The van der Waals surface area contributed by atoms with Gasteiger partial charge in [0.2, 0.25) is 0 Å². The number of halogens is 1. The van der Waals surface area contributed by atoms with Gasteiger partial charge in [-0.1, -0.05) is 6.07 Å². The number of rotatable bonds is 7. The number of nitrogens with one attached hydrogen (secondary N) is 1. The predicted molar refractivity (Wildman–Crippen MR) is 96.3 cm³/mol. The Balaban J connectivity index is 1.99. The lowest BCUT2D eigenvalue weighted by molar-refractivity contribution is -0.118. The van der Waals surface area contributed by atoms with Gasteiger partial charge in [-0.2, -0.15) is 0 Å². The molecule has 2 rings (SSSR count). The molecule has 2 aromatic rings. The smallest absolute Gasteiger partial charge is 0.262 e. The van der Waals surface area contributed by atoms with Crippen LogP contribution in [-0.2, 0) is 4.79 Å². The fourth-order valence-corrected chi connectivity index (χ4v) is 2.44. The molecule has 0 aliphatic carbocycles. The van der Waals surface area contributed by atoms with Crippen LogP contribution in [0.3, 0.4) is 0 Å². The molecule has 6 heteroatoms. The van der Waals surface area contributed by atoms with Crippen molar-refractivity contribution in [2.24, 2.45) is 0 Å². The summed E-state index contributed by atoms with van der Waals surface area (Å²) in [5, 5.41) is 2.76. The van der Waals surface area contributed by atoms with Gasteiger partial charge in [-0.15, -0.1) is 0 Å². The molecule has 1 N–H and O–H groups in total. The Morgan fingerprint density at radius 1 is 1.17 bits per heavy atom. The van der Waals surface area contributed by atoms with E-state index in [9.17, 15) is 9.59 Å². The van der Waals surface area contributed by atoms with Crippen LogP contribution in [0.25, 0.3) is 0 Å². The Kier molecular flexibility index (Phi) is 6.40. The minimum absolute atomic E-state index is 0.147. The zero-order valence-electron chi connectivity index (χ0n) is 12.5. The van der Waals surface area contributed by atoms with E-state index < -0.39 is 0 Å². The Bertz CT molecular complexity index is 703. The summed E-state index contributed by atoms with van der Waals surface area (Å²) in [6.07, 6.45) is 0.732. The quantitative estimate of drug-likeness (QED) is 0.545. The van der Waals surface area contributed by atoms with Crippen molar-refractivity contribution in [1.82, 2.24) is 0 Å². The van der Waals surface area contributed by atoms with Gasteiger partial charge in [0.15, 0.2) is 18.1 Å². The summed E-state index contributed by atoms with van der Waals surface area (Å²) in [5.74, 6) is 0.600. The van der Waals surface area contributed by atoms with Crippen LogP contribution in [-0.4, -0.2) is 25.4 Å². The van der Waals surface area contributed by atoms with Crippen LogP contribution in [0.5, 0.6) is 11.5 Å². The number of aldehydes is 1. The number of hydrogen-bond donors (Lipinski definition) is 1. The normalized spacial score (nSPS) is 10.0. The van der Waals surface area contributed by atoms with Gasteiger partial charge in [0.25, 0.3) is 5.91 Å². The first kappa shape index (κ1) is 17.3. The van der Waals surface area contributed by atoms with Gasteiger partial charge in [0.1, 0.15) is 6.29 Å². The second-order valence-electron chi connectivity index (χ2n) is 4.60. The lowest BCUT2D eigenvalue weighted by atomic mass is 10.2. The molecule has 5 nitrogen and oxygen atoms in total. The highest BCUT2D eigenvalue weighted by molar-refractivity contribution is 14.1. The molecular formula is C17H16INO4. The zero-order valence-corrected chi connectivity index (χ0v) is 14.7. The topological polar surface area (TPSA) is 64.6 Å². The maximum absolute atomic E-state index is 12.0. The summed E-state index contributed by atoms with van der Waals surface area (Å²) >= 11 is 2.18. The van der Waals surface area contributed by atoms with Gasteiger partial charge in [0, 0.05) is 14.8 Å². The van der Waals surface area contributed by atoms with Crippen LogP contribution >= 0.6 is 22.6 Å². The molecule has 23 heavy (non-hydrogen) atoms. The van der Waals surface area contributed by atoms with Gasteiger partial charge in [0.05, 0.1) is 6.61 Å². The Morgan fingerprint density at radius 2 is 2.00 bits per heavy atom. The summed E-state index contributed by atoms with van der Waals surface area (Å²) in [4.78, 5) is 22.8. The molecule has 0 bridgehead atoms. The fraction of sp³-hybridized carbons (Fsp3) is 0.176. The van der Waals surface area contributed by atoms with E-state index in [-0.39, 0.29) is 12.5 Å². The molecule has 0 aromatic heterocycles. The lowest BCUT2D eigenvalue weighted by Gasteiger charge is -2.12. The van der Waals surface area contributed by atoms with Crippen molar-refractivity contribution in [3.8, 4) is 11.5 Å². The standard InChI is InChI=1S/C17H16INO4/c1-2-22-16-8-12(10-20)6-7-15(16)23-11-17(21)19-14-5-3-4-13(18)9-14/h3-10H,2,11H2,1H3,(H,19,21). The van der Waals surface area contributed by atoms with Crippen molar-refractivity contribution < 1.29 is 19.1 Å². The van der Waals surface area contributed by atoms with E-state index in [0.717, 1.165) is 9.86 Å². The van der Waals surface area contributed by atoms with Crippen LogP contribution < -0.4 is 14.8 Å². The molecule has 0 aliphatic rings. The average Bonchev–Trinajstić information content (AvgIpc) is 2.54. The van der Waals surface area contributed by atoms with Crippen molar-refractivity contribution in [3.05, 3.63) is 51.6 Å². The fourth-order valence-electron chi connectivity index (χ4n) is 1.89. The van der Waals surface area contributed by atoms with Crippen molar-refractivity contribution in [3.63, 3.8) is 0 Å². The van der Waals surface area contributed by atoms with E-state index >= 15 is 0 Å². The Labute approximate surface area is 148 Å². The third kappa shape index (κ3) is 5.24. The summed E-state index contributed by atoms with van der Waals surface area (Å²) < 4.78 is 12.0. The maximum Gasteiger partial charge on any atom is 0.262 e. The molecule has 0 atom stereocenters. The van der Waals surface area contributed by atoms with Crippen molar-refractivity contribution in [1.29, 1.82) is 0 Å². The van der Waals surface area contributed by atoms with Crippen LogP contribution in [0, 0.1) is 3.57 Å². The van der Waals surface area contributed by atoms with Gasteiger partial charge < -0.3 is 14.8 Å². The number of benzene rings is 2. The Hall–Kier alpha value is -2.09. The van der Waals surface area contributed by atoms with E-state index in [0.29, 0.717) is 29.4 Å². The van der Waals surface area contributed by atoms with E-state index in [1.807, 2.05) is 31.2 Å². The van der Waals surface area contributed by atoms with Crippen LogP contribution in [0.1, 0.15) is 17.3 Å². The molecule has 1 amide bonds. The van der Waals surface area contributed by atoms with E-state index in [1.165, 1.54) is 0 Å². The van der Waals surface area contributed by atoms with Crippen LogP contribution in [0.15, 0.2) is 42.5 Å². The number of ether oxygens (including phenoxy) is 2. The summed E-state index contributed by atoms with van der Waals surface area (Å²) in [7, 11) is 0. The number of anilines is 1. The monoisotopic (exact) mass is 425 g/mol. The highest BCUT2D eigenvalue weighted by Crippen LogP contribution is 2.28. The highest BCUT2D eigenvalue weighted by atomic mass is 127. The maximum atomic E-state index is 12.0. The predicted octanol–water partition coefficient (Wildman–Crippen LogP) is 3.52. The molecule has 0 fully saturated rings. The van der Waals surface area contributed by atoms with Crippen molar-refractivity contribution >= 4 is 40.5 Å². The second kappa shape index (κ2) is 8.52. The minimum atomic E-state index is -0.270. The van der Waals surface area contributed by atoms with Gasteiger partial charge in [-0.25, -0.2) is 0 Å². The largest absolute Gasteiger partial charge is 0.490 e. The van der Waals surface area contributed by atoms with Crippen LogP contribution in [0.4, 0.5) is 5.69 Å². The minimum Gasteiger partial charge on any atom is -0.490 e. The number of carbonyl (C=O) groups excluding carboxylic acids is 2. The molecule has 0 saturated carbocycles. The lowest BCUT2D eigenvalue weighted by Crippen LogP contribution is -2.20. The molecular weight excluding hydrogens is 409 g/mol. The number of amides is 1. The summed E-state index contributed by atoms with van der Waals surface area (Å²) in [6, 6.07) is 12.3. The number of carbonyl (C=O) groups is 2. The average molecular weight is 425 g/mol. The first-order valence-corrected chi connectivity index (χ1v) is 8.10. The summed E-state index contributed by atoms with van der Waals surface area (Å²) in [5.41, 5.74) is 1.20. The molecule has 120 valence electrons. The first-order chi connectivity index (χ1) is 11.1. The van der Waals surface area contributed by atoms with Gasteiger partial charge >= 0.3 is 0 Å². The zero-order chi connectivity index (χ0) is 16.7. The van der Waals surface area contributed by atoms with Crippen molar-refractivity contribution in [2.75, 3.05) is 18.5 Å².